The number of thiophene rings is 4. The first kappa shape index (κ1) is 41.7. The Bertz CT molecular complexity index is 1930. The second-order valence-electron chi connectivity index (χ2n) is 12.7. The summed E-state index contributed by atoms with van der Waals surface area (Å²) in [5.41, 5.74) is -2.92. The van der Waals surface area contributed by atoms with Crippen molar-refractivity contribution in [3.05, 3.63) is 120 Å². The largest absolute Gasteiger partial charge is 0.542 e. The number of esters is 1. The van der Waals surface area contributed by atoms with E-state index in [4.69, 9.17) is 19.7 Å². The number of aliphatic hydroxyl groups is 2. The zero-order valence-electron chi connectivity index (χ0n) is 28.7. The highest BCUT2D eigenvalue weighted by molar-refractivity contribution is 7.12. The predicted molar refractivity (Wildman–Crippen MR) is 199 cm³/mol. The van der Waals surface area contributed by atoms with Crippen LogP contribution in [0, 0.1) is 5.92 Å². The summed E-state index contributed by atoms with van der Waals surface area (Å²) in [7, 11) is 0. The van der Waals surface area contributed by atoms with Crippen LogP contribution in [0.5, 0.6) is 0 Å². The van der Waals surface area contributed by atoms with E-state index in [0.29, 0.717) is 37.1 Å². The Morgan fingerprint density at radius 1 is 0.745 bits per heavy atom. The number of quaternary nitrogens is 1. The molecule has 2 bridgehead atoms. The minimum absolute atomic E-state index is 0.0275. The van der Waals surface area contributed by atoms with Gasteiger partial charge in [-0.05, 0) is 57.9 Å². The zero-order valence-corrected chi connectivity index (χ0v) is 32.0. The maximum Gasteiger partial charge on any atom is 0.430 e. The molecule has 11 nitrogen and oxygen atoms in total. The van der Waals surface area contributed by atoms with Gasteiger partial charge in [0, 0.05) is 24.4 Å². The number of carboxylic acid groups (broad SMARTS) is 2. The molecule has 8 rings (SSSR count). The van der Waals surface area contributed by atoms with Crippen molar-refractivity contribution in [3.8, 4) is 0 Å². The molecule has 3 aliphatic rings. The number of para-hydroxylation sites is 1. The molecule has 292 valence electrons. The number of carboxylic acids is 2. The van der Waals surface area contributed by atoms with Crippen LogP contribution in [0.3, 0.4) is 0 Å². The second-order valence-corrected chi connectivity index (χ2v) is 16.5. The summed E-state index contributed by atoms with van der Waals surface area (Å²) in [4.78, 5) is 48.2. The number of hydrogen-bond donors (Lipinski definition) is 4. The molecule has 3 saturated heterocycles. The Balaban J connectivity index is 0.000000217. The van der Waals surface area contributed by atoms with Gasteiger partial charge in [-0.15, -0.1) is 45.3 Å². The SMILES string of the molecule is O=C(C[N+]12CCC(CC1)[C@@H](OC(=O)C(O)(c1cccs1)c1cccs1)C2)Nc1ccccc1.O=C(O)C(O)(c1cccs1)c1cccs1.O=C([O-])C(F)(F)F. The maximum absolute atomic E-state index is 13.4. The van der Waals surface area contributed by atoms with Gasteiger partial charge in [-0.1, -0.05) is 42.5 Å². The molecule has 7 heterocycles. The molecule has 0 spiro atoms. The molecule has 0 radical (unpaired) electrons. The lowest BCUT2D eigenvalue weighted by Crippen LogP contribution is -2.66. The van der Waals surface area contributed by atoms with Gasteiger partial charge in [0.2, 0.25) is 11.2 Å². The number of aliphatic carboxylic acids is 2. The fraction of sp³-hybridized carbons (Fsp3) is 0.297. The highest BCUT2D eigenvalue weighted by atomic mass is 32.1. The Hall–Kier alpha value is -4.43. The number of rotatable bonds is 10. The first-order valence-corrected chi connectivity index (χ1v) is 20.1. The number of hydrogen-bond acceptors (Lipinski definition) is 12. The molecular weight excluding hydrogens is 802 g/mol. The van der Waals surface area contributed by atoms with E-state index in [2.05, 4.69) is 5.32 Å². The van der Waals surface area contributed by atoms with Crippen molar-refractivity contribution in [1.29, 1.82) is 0 Å². The van der Waals surface area contributed by atoms with Crippen LogP contribution in [0.4, 0.5) is 18.9 Å². The molecule has 3 fully saturated rings. The van der Waals surface area contributed by atoms with Crippen LogP contribution in [-0.2, 0) is 35.1 Å². The van der Waals surface area contributed by atoms with E-state index < -0.39 is 35.3 Å². The monoisotopic (exact) mass is 836 g/mol. The van der Waals surface area contributed by atoms with Gasteiger partial charge in [-0.25, -0.2) is 9.59 Å². The van der Waals surface area contributed by atoms with Crippen LogP contribution in [0.15, 0.2) is 100 Å². The Morgan fingerprint density at radius 3 is 1.56 bits per heavy atom. The third-order valence-electron chi connectivity index (χ3n) is 9.18. The molecule has 4 N–H and O–H groups in total. The molecule has 0 saturated carbocycles. The number of nitrogens with zero attached hydrogens (tertiary/aromatic N) is 1. The summed E-state index contributed by atoms with van der Waals surface area (Å²) in [6.07, 6.45) is -3.68. The van der Waals surface area contributed by atoms with Gasteiger partial charge in [0.15, 0.2) is 12.6 Å². The van der Waals surface area contributed by atoms with Gasteiger partial charge in [-0.3, -0.25) is 4.79 Å². The molecule has 55 heavy (non-hydrogen) atoms. The van der Waals surface area contributed by atoms with Crippen LogP contribution in [-0.4, -0.2) is 82.1 Å². The van der Waals surface area contributed by atoms with Gasteiger partial charge in [0.25, 0.3) is 5.91 Å². The van der Waals surface area contributed by atoms with E-state index in [1.807, 2.05) is 53.2 Å². The second kappa shape index (κ2) is 17.6. The summed E-state index contributed by atoms with van der Waals surface area (Å²) in [6.45, 7) is 2.77. The number of amides is 1. The van der Waals surface area contributed by atoms with Crippen LogP contribution in [0.1, 0.15) is 32.4 Å². The van der Waals surface area contributed by atoms with E-state index in [0.717, 1.165) is 31.6 Å². The molecular formula is C37H35F3N2O9S4. The van der Waals surface area contributed by atoms with Gasteiger partial charge < -0.3 is 39.8 Å². The summed E-state index contributed by atoms with van der Waals surface area (Å²) in [5.74, 6) is -4.64. The van der Waals surface area contributed by atoms with Gasteiger partial charge in [0.05, 0.1) is 32.6 Å². The molecule has 1 amide bonds. The molecule has 0 aliphatic carbocycles. The minimum atomic E-state index is -5.19. The molecule has 3 aliphatic heterocycles. The molecule has 5 aromatic rings. The number of halogens is 3. The van der Waals surface area contributed by atoms with E-state index in [1.54, 1.807) is 47.2 Å². The van der Waals surface area contributed by atoms with Crippen molar-refractivity contribution >= 4 is 74.8 Å². The number of ether oxygens (including phenoxy) is 1. The number of carbonyl (C=O) groups is 4. The average molecular weight is 837 g/mol. The number of fused-ring (bicyclic) bond motifs is 3. The molecule has 0 unspecified atom stereocenters. The van der Waals surface area contributed by atoms with Crippen LogP contribution in [0.2, 0.25) is 0 Å². The lowest BCUT2D eigenvalue weighted by atomic mass is 9.83. The average Bonchev–Trinajstić information content (AvgIpc) is 4.00. The molecule has 4 aromatic heterocycles. The number of piperidine rings is 3. The Labute approximate surface area is 329 Å². The fourth-order valence-corrected chi connectivity index (χ4v) is 9.85. The number of anilines is 1. The zero-order chi connectivity index (χ0) is 39.9. The molecule has 1 atom stereocenters. The van der Waals surface area contributed by atoms with Crippen LogP contribution >= 0.6 is 45.3 Å². The highest BCUT2D eigenvalue weighted by Crippen LogP contribution is 2.41. The van der Waals surface area contributed by atoms with Crippen LogP contribution < -0.4 is 10.4 Å². The van der Waals surface area contributed by atoms with Crippen molar-refractivity contribution < 1.29 is 62.0 Å². The number of nitrogens with one attached hydrogen (secondary N) is 1. The summed E-state index contributed by atoms with van der Waals surface area (Å²) >= 11 is 5.15. The topological polar surface area (TPSA) is 173 Å². The van der Waals surface area contributed by atoms with Gasteiger partial charge in [0.1, 0.15) is 12.5 Å². The first-order chi connectivity index (χ1) is 26.1. The Kier molecular flexibility index (Phi) is 13.3. The molecule has 1 aromatic carbocycles. The summed E-state index contributed by atoms with van der Waals surface area (Å²) in [6, 6.07) is 23.3. The lowest BCUT2D eigenvalue weighted by Gasteiger charge is -2.51. The van der Waals surface area contributed by atoms with Crippen molar-refractivity contribution in [2.45, 2.75) is 36.3 Å². The maximum atomic E-state index is 13.4. The summed E-state index contributed by atoms with van der Waals surface area (Å²) < 4.78 is 38.2. The van der Waals surface area contributed by atoms with E-state index in [9.17, 15) is 37.8 Å². The van der Waals surface area contributed by atoms with Gasteiger partial charge in [-0.2, -0.15) is 13.2 Å². The number of benzene rings is 1. The van der Waals surface area contributed by atoms with Crippen molar-refractivity contribution in [1.82, 2.24) is 0 Å². The van der Waals surface area contributed by atoms with Crippen molar-refractivity contribution in [3.63, 3.8) is 0 Å². The van der Waals surface area contributed by atoms with Crippen molar-refractivity contribution in [2.24, 2.45) is 5.92 Å². The smallest absolute Gasteiger partial charge is 0.430 e. The summed E-state index contributed by atoms with van der Waals surface area (Å²) in [5, 5.41) is 49.9. The van der Waals surface area contributed by atoms with E-state index in [1.165, 1.54) is 45.3 Å². The quantitative estimate of drug-likeness (QED) is 0.108. The standard InChI is InChI=1S/C25H26N2O4S2.C10H8O3S2.C2HF3O2/c28-23(26-19-6-2-1-3-7-19)17-27-12-10-18(11-13-27)20(16-27)31-24(29)25(30,21-8-4-14-32-21)22-9-5-15-33-22;11-9(12)10(13,7-3-1-5-14-7)8-4-2-6-15-8;3-2(4,5)1(6)7/h1-9,14-15,18,20,30H,10-13,16-17H2;1-6,13H,(H,11,12);(H,6,7)/t18?,20-,27?;;/m0../s1. The highest BCUT2D eigenvalue weighted by Gasteiger charge is 2.52. The number of carbonyl (C=O) groups excluding carboxylic acids is 3. The van der Waals surface area contributed by atoms with Gasteiger partial charge >= 0.3 is 18.1 Å². The molecule has 18 heteroatoms. The number of alkyl halides is 3. The normalized spacial score (nSPS) is 19.2. The predicted octanol–water partition coefficient (Wildman–Crippen LogP) is 5.27. The third-order valence-corrected chi connectivity index (χ3v) is 13.1. The van der Waals surface area contributed by atoms with Crippen LogP contribution in [0.25, 0.3) is 0 Å². The minimum Gasteiger partial charge on any atom is -0.542 e. The van der Waals surface area contributed by atoms with E-state index >= 15 is 0 Å². The van der Waals surface area contributed by atoms with E-state index in [-0.39, 0.29) is 17.9 Å². The first-order valence-electron chi connectivity index (χ1n) is 16.6. The third kappa shape index (κ3) is 9.69. The Morgan fingerprint density at radius 2 is 1.18 bits per heavy atom. The fourth-order valence-electron chi connectivity index (χ4n) is 6.42. The van der Waals surface area contributed by atoms with Crippen molar-refractivity contribution in [2.75, 3.05) is 31.5 Å². The lowest BCUT2D eigenvalue weighted by molar-refractivity contribution is -0.939.